The van der Waals surface area contributed by atoms with Crippen molar-refractivity contribution in [1.29, 1.82) is 0 Å². The van der Waals surface area contributed by atoms with Gasteiger partial charge in [0.05, 0.1) is 5.71 Å². The summed E-state index contributed by atoms with van der Waals surface area (Å²) in [6.45, 7) is 4.27. The van der Waals surface area contributed by atoms with E-state index < -0.39 is 0 Å². The van der Waals surface area contributed by atoms with Gasteiger partial charge in [0.1, 0.15) is 0 Å². The molecule has 4 heteroatoms. The molecule has 1 aliphatic rings. The standard InChI is InChI=1S/C16H23N3S/c1-12-8-6-7-11-15(12)17-16(20)19-18-13(2)14-9-4-3-5-10-14/h3-5,9-10,12,15H,6-8,11H2,1-2H3,(H2,17,19,20)/b18-13-/t12-,15+/m1/s1. The Balaban J connectivity index is 1.85. The summed E-state index contributed by atoms with van der Waals surface area (Å²) >= 11 is 5.33. The van der Waals surface area contributed by atoms with Crippen LogP contribution in [0.2, 0.25) is 0 Å². The summed E-state index contributed by atoms with van der Waals surface area (Å²) in [6, 6.07) is 10.6. The van der Waals surface area contributed by atoms with Gasteiger partial charge in [0.2, 0.25) is 0 Å². The maximum Gasteiger partial charge on any atom is 0.187 e. The van der Waals surface area contributed by atoms with Gasteiger partial charge < -0.3 is 5.32 Å². The second-order valence-electron chi connectivity index (χ2n) is 5.52. The Labute approximate surface area is 126 Å². The van der Waals surface area contributed by atoms with Crippen molar-refractivity contribution in [3.05, 3.63) is 35.9 Å². The molecule has 1 fully saturated rings. The Morgan fingerprint density at radius 2 is 1.90 bits per heavy atom. The Bertz CT molecular complexity index is 470. The van der Waals surface area contributed by atoms with Crippen molar-refractivity contribution < 1.29 is 0 Å². The number of nitrogens with zero attached hydrogens (tertiary/aromatic N) is 1. The van der Waals surface area contributed by atoms with Crippen molar-refractivity contribution in [2.45, 2.75) is 45.6 Å². The topological polar surface area (TPSA) is 36.4 Å². The number of benzene rings is 1. The van der Waals surface area contributed by atoms with E-state index in [0.717, 1.165) is 11.3 Å². The highest BCUT2D eigenvalue weighted by Gasteiger charge is 2.21. The molecule has 20 heavy (non-hydrogen) atoms. The van der Waals surface area contributed by atoms with Gasteiger partial charge in [-0.2, -0.15) is 5.10 Å². The summed E-state index contributed by atoms with van der Waals surface area (Å²) in [7, 11) is 0. The highest BCUT2D eigenvalue weighted by Crippen LogP contribution is 2.23. The lowest BCUT2D eigenvalue weighted by Crippen LogP contribution is -2.44. The van der Waals surface area contributed by atoms with Crippen LogP contribution in [0.3, 0.4) is 0 Å². The molecule has 0 radical (unpaired) electrons. The minimum Gasteiger partial charge on any atom is -0.358 e. The van der Waals surface area contributed by atoms with E-state index in [1.165, 1.54) is 25.7 Å². The van der Waals surface area contributed by atoms with Crippen LogP contribution in [0.4, 0.5) is 0 Å². The summed E-state index contributed by atoms with van der Waals surface area (Å²) in [5.41, 5.74) is 5.00. The Morgan fingerprint density at radius 3 is 2.60 bits per heavy atom. The van der Waals surface area contributed by atoms with Gasteiger partial charge in [-0.25, -0.2) is 0 Å². The molecule has 3 nitrogen and oxygen atoms in total. The molecule has 1 aromatic rings. The third-order valence-corrected chi connectivity index (χ3v) is 4.15. The van der Waals surface area contributed by atoms with Gasteiger partial charge in [-0.15, -0.1) is 0 Å². The van der Waals surface area contributed by atoms with E-state index in [0.29, 0.717) is 17.1 Å². The zero-order chi connectivity index (χ0) is 14.4. The quantitative estimate of drug-likeness (QED) is 0.508. The van der Waals surface area contributed by atoms with Gasteiger partial charge in [0.15, 0.2) is 5.11 Å². The largest absolute Gasteiger partial charge is 0.358 e. The molecule has 0 amide bonds. The zero-order valence-electron chi connectivity index (χ0n) is 12.2. The molecule has 2 N–H and O–H groups in total. The van der Waals surface area contributed by atoms with Crippen LogP contribution in [-0.2, 0) is 0 Å². The maximum atomic E-state index is 5.33. The van der Waals surface area contributed by atoms with E-state index in [1.807, 2.05) is 37.3 Å². The van der Waals surface area contributed by atoms with E-state index in [2.05, 4.69) is 22.8 Å². The van der Waals surface area contributed by atoms with Crippen LogP contribution in [0.15, 0.2) is 35.4 Å². The molecule has 0 bridgehead atoms. The molecule has 0 spiro atoms. The summed E-state index contributed by atoms with van der Waals surface area (Å²) in [6.07, 6.45) is 5.11. The second kappa shape index (κ2) is 7.39. The van der Waals surface area contributed by atoms with Gasteiger partial charge in [-0.3, -0.25) is 5.43 Å². The number of hydrogen-bond acceptors (Lipinski definition) is 2. The summed E-state index contributed by atoms with van der Waals surface area (Å²) in [5, 5.41) is 8.36. The van der Waals surface area contributed by atoms with Crippen LogP contribution in [0.25, 0.3) is 0 Å². The van der Waals surface area contributed by atoms with Gasteiger partial charge >= 0.3 is 0 Å². The Kier molecular flexibility index (Phi) is 5.53. The SMILES string of the molecule is C/C(=N/NC(=S)N[C@H]1CCCC[C@H]1C)c1ccccc1. The third-order valence-electron chi connectivity index (χ3n) is 3.94. The summed E-state index contributed by atoms with van der Waals surface area (Å²) in [5.74, 6) is 0.683. The van der Waals surface area contributed by atoms with Crippen LogP contribution < -0.4 is 10.7 Å². The van der Waals surface area contributed by atoms with Gasteiger partial charge in [-0.05, 0) is 43.5 Å². The van der Waals surface area contributed by atoms with Crippen molar-refractivity contribution in [2.24, 2.45) is 11.0 Å². The lowest BCUT2D eigenvalue weighted by molar-refractivity contribution is 0.308. The monoisotopic (exact) mass is 289 g/mol. The van der Waals surface area contributed by atoms with Crippen LogP contribution in [-0.4, -0.2) is 16.9 Å². The molecule has 0 saturated heterocycles. The molecule has 1 aromatic carbocycles. The molecule has 0 unspecified atom stereocenters. The van der Waals surface area contributed by atoms with Gasteiger partial charge in [-0.1, -0.05) is 50.1 Å². The smallest absolute Gasteiger partial charge is 0.187 e. The van der Waals surface area contributed by atoms with E-state index in [-0.39, 0.29) is 0 Å². The number of hydrazone groups is 1. The normalized spacial score (nSPS) is 23.2. The second-order valence-corrected chi connectivity index (χ2v) is 5.92. The Hall–Kier alpha value is -1.42. The number of rotatable bonds is 3. The predicted octanol–water partition coefficient (Wildman–Crippen LogP) is 3.45. The average Bonchev–Trinajstić information content (AvgIpc) is 2.48. The highest BCUT2D eigenvalue weighted by molar-refractivity contribution is 7.80. The molecule has 1 saturated carbocycles. The average molecular weight is 289 g/mol. The van der Waals surface area contributed by atoms with Gasteiger partial charge in [0, 0.05) is 6.04 Å². The molecule has 2 atom stereocenters. The zero-order valence-corrected chi connectivity index (χ0v) is 13.0. The first-order valence-corrected chi connectivity index (χ1v) is 7.74. The van der Waals surface area contributed by atoms with E-state index in [1.54, 1.807) is 0 Å². The summed E-state index contributed by atoms with van der Waals surface area (Å²) in [4.78, 5) is 0. The van der Waals surface area contributed by atoms with Gasteiger partial charge in [0.25, 0.3) is 0 Å². The first-order valence-electron chi connectivity index (χ1n) is 7.33. The van der Waals surface area contributed by atoms with Crippen LogP contribution in [0.1, 0.15) is 45.1 Å². The van der Waals surface area contributed by atoms with Crippen molar-refractivity contribution in [1.82, 2.24) is 10.7 Å². The molecule has 0 aromatic heterocycles. The maximum absolute atomic E-state index is 5.33. The molecular formula is C16H23N3S. The predicted molar refractivity (Wildman–Crippen MR) is 88.9 cm³/mol. The van der Waals surface area contributed by atoms with Crippen LogP contribution >= 0.6 is 12.2 Å². The van der Waals surface area contributed by atoms with E-state index in [9.17, 15) is 0 Å². The Morgan fingerprint density at radius 1 is 1.20 bits per heavy atom. The molecule has 1 aliphatic carbocycles. The fraction of sp³-hybridized carbons (Fsp3) is 0.500. The fourth-order valence-electron chi connectivity index (χ4n) is 2.61. The number of hydrogen-bond donors (Lipinski definition) is 2. The summed E-state index contributed by atoms with van der Waals surface area (Å²) < 4.78 is 0. The molecule has 2 rings (SSSR count). The molecular weight excluding hydrogens is 266 g/mol. The lowest BCUT2D eigenvalue weighted by Gasteiger charge is -2.30. The van der Waals surface area contributed by atoms with Crippen LogP contribution in [0.5, 0.6) is 0 Å². The fourth-order valence-corrected chi connectivity index (χ4v) is 2.81. The lowest BCUT2D eigenvalue weighted by atomic mass is 9.86. The molecule has 0 aliphatic heterocycles. The first-order chi connectivity index (χ1) is 9.66. The highest BCUT2D eigenvalue weighted by atomic mass is 32.1. The van der Waals surface area contributed by atoms with Crippen molar-refractivity contribution in [3.8, 4) is 0 Å². The van der Waals surface area contributed by atoms with E-state index >= 15 is 0 Å². The number of nitrogens with one attached hydrogen (secondary N) is 2. The van der Waals surface area contributed by atoms with Crippen molar-refractivity contribution in [2.75, 3.05) is 0 Å². The van der Waals surface area contributed by atoms with E-state index in [4.69, 9.17) is 12.2 Å². The van der Waals surface area contributed by atoms with Crippen molar-refractivity contribution in [3.63, 3.8) is 0 Å². The molecule has 108 valence electrons. The third kappa shape index (κ3) is 4.30. The first kappa shape index (κ1) is 15.0. The molecule has 0 heterocycles. The number of thiocarbonyl (C=S) groups is 1. The van der Waals surface area contributed by atoms with Crippen molar-refractivity contribution >= 4 is 23.0 Å². The van der Waals surface area contributed by atoms with Crippen LogP contribution in [0, 0.1) is 5.92 Å². The minimum atomic E-state index is 0.482. The minimum absolute atomic E-state index is 0.482.